The predicted octanol–water partition coefficient (Wildman–Crippen LogP) is 2.26. The molecule has 0 aliphatic heterocycles. The molecular weight excluding hydrogens is 343 g/mol. The van der Waals surface area contributed by atoms with Gasteiger partial charge in [-0.2, -0.15) is 5.10 Å². The van der Waals surface area contributed by atoms with Gasteiger partial charge in [0, 0.05) is 13.2 Å². The molecule has 134 valence electrons. The summed E-state index contributed by atoms with van der Waals surface area (Å²) in [6.07, 6.45) is -2.50. The number of benzene rings is 1. The minimum Gasteiger partial charge on any atom is -0.481 e. The van der Waals surface area contributed by atoms with Crippen molar-refractivity contribution in [2.24, 2.45) is 7.05 Å². The number of amides is 1. The maximum Gasteiger partial charge on any atom is 0.573 e. The summed E-state index contributed by atoms with van der Waals surface area (Å²) in [5, 5.41) is 15.4. The topological polar surface area (TPSA) is 93.5 Å². The smallest absolute Gasteiger partial charge is 0.481 e. The van der Waals surface area contributed by atoms with Crippen LogP contribution in [-0.4, -0.2) is 33.1 Å². The van der Waals surface area contributed by atoms with Crippen molar-refractivity contribution in [3.8, 4) is 5.75 Å². The molecule has 0 spiro atoms. The monoisotopic (exact) mass is 357 g/mol. The van der Waals surface area contributed by atoms with Gasteiger partial charge >= 0.3 is 12.3 Å². The zero-order valence-corrected chi connectivity index (χ0v) is 12.9. The summed E-state index contributed by atoms with van der Waals surface area (Å²) >= 11 is 0. The maximum absolute atomic E-state index is 12.2. The highest BCUT2D eigenvalue weighted by atomic mass is 19.4. The second-order valence-corrected chi connectivity index (χ2v) is 5.14. The second-order valence-electron chi connectivity index (χ2n) is 5.14. The van der Waals surface area contributed by atoms with Crippen LogP contribution >= 0.6 is 0 Å². The molecule has 1 amide bonds. The molecule has 0 radical (unpaired) electrons. The lowest BCUT2D eigenvalue weighted by molar-refractivity contribution is -0.274. The van der Waals surface area contributed by atoms with Crippen LogP contribution in [0.15, 0.2) is 36.7 Å². The van der Waals surface area contributed by atoms with Crippen molar-refractivity contribution >= 4 is 11.9 Å². The van der Waals surface area contributed by atoms with E-state index in [1.807, 2.05) is 0 Å². The molecule has 25 heavy (non-hydrogen) atoms. The molecular formula is C15H14F3N3O4. The van der Waals surface area contributed by atoms with E-state index in [0.29, 0.717) is 5.56 Å². The number of hydrogen-bond donors (Lipinski definition) is 2. The zero-order valence-electron chi connectivity index (χ0n) is 12.9. The lowest BCUT2D eigenvalue weighted by atomic mass is 10.0. The Labute approximate surface area is 140 Å². The standard InChI is InChI=1S/C15H14F3N3O4/c1-21-8-10(7-19-21)14(24)20-12(6-13(22)23)9-2-4-11(5-3-9)25-15(16,17)18/h2-5,7-8,12H,6H2,1H3,(H,20,24)(H,22,23). The minimum atomic E-state index is -4.82. The van der Waals surface area contributed by atoms with Crippen LogP contribution in [-0.2, 0) is 11.8 Å². The van der Waals surface area contributed by atoms with Crippen molar-refractivity contribution in [3.63, 3.8) is 0 Å². The summed E-state index contributed by atoms with van der Waals surface area (Å²) in [6.45, 7) is 0. The average Bonchev–Trinajstić information content (AvgIpc) is 2.92. The van der Waals surface area contributed by atoms with Crippen molar-refractivity contribution in [2.45, 2.75) is 18.8 Å². The Morgan fingerprint density at radius 3 is 2.44 bits per heavy atom. The molecule has 1 aromatic carbocycles. The van der Waals surface area contributed by atoms with Crippen molar-refractivity contribution in [1.29, 1.82) is 0 Å². The van der Waals surface area contributed by atoms with Crippen LogP contribution in [0.3, 0.4) is 0 Å². The van der Waals surface area contributed by atoms with E-state index in [0.717, 1.165) is 12.1 Å². The number of halogens is 3. The molecule has 0 aliphatic carbocycles. The van der Waals surface area contributed by atoms with Crippen LogP contribution in [0.1, 0.15) is 28.4 Å². The summed E-state index contributed by atoms with van der Waals surface area (Å²) in [4.78, 5) is 23.2. The quantitative estimate of drug-likeness (QED) is 0.827. The van der Waals surface area contributed by atoms with Gasteiger partial charge in [0.15, 0.2) is 0 Å². The predicted molar refractivity (Wildman–Crippen MR) is 78.8 cm³/mol. The van der Waals surface area contributed by atoms with E-state index in [4.69, 9.17) is 5.11 Å². The number of ether oxygens (including phenoxy) is 1. The molecule has 0 saturated heterocycles. The summed E-state index contributed by atoms with van der Waals surface area (Å²) in [6, 6.07) is 3.70. The molecule has 2 rings (SSSR count). The maximum atomic E-state index is 12.2. The second kappa shape index (κ2) is 7.24. The van der Waals surface area contributed by atoms with Crippen LogP contribution in [0.25, 0.3) is 0 Å². The van der Waals surface area contributed by atoms with Crippen LogP contribution < -0.4 is 10.1 Å². The van der Waals surface area contributed by atoms with Crippen molar-refractivity contribution in [1.82, 2.24) is 15.1 Å². The van der Waals surface area contributed by atoms with Gasteiger partial charge < -0.3 is 15.2 Å². The lowest BCUT2D eigenvalue weighted by Gasteiger charge is -2.17. The Bertz CT molecular complexity index is 756. The summed E-state index contributed by atoms with van der Waals surface area (Å²) in [7, 11) is 1.62. The van der Waals surface area contributed by atoms with Crippen molar-refractivity contribution in [2.75, 3.05) is 0 Å². The van der Waals surface area contributed by atoms with Gasteiger partial charge in [0.25, 0.3) is 5.91 Å². The molecule has 10 heteroatoms. The number of nitrogens with one attached hydrogen (secondary N) is 1. The fourth-order valence-electron chi connectivity index (χ4n) is 2.11. The number of rotatable bonds is 6. The first-order chi connectivity index (χ1) is 11.6. The largest absolute Gasteiger partial charge is 0.573 e. The molecule has 1 atom stereocenters. The van der Waals surface area contributed by atoms with Crippen LogP contribution in [0, 0.1) is 0 Å². The van der Waals surface area contributed by atoms with Crippen molar-refractivity contribution in [3.05, 3.63) is 47.8 Å². The van der Waals surface area contributed by atoms with Crippen LogP contribution in [0.5, 0.6) is 5.75 Å². The number of hydrogen-bond acceptors (Lipinski definition) is 4. The van der Waals surface area contributed by atoms with Gasteiger partial charge in [0.05, 0.1) is 24.2 Å². The summed E-state index contributed by atoms with van der Waals surface area (Å²) < 4.78 is 41.7. The van der Waals surface area contributed by atoms with Gasteiger partial charge in [0.1, 0.15) is 5.75 Å². The number of carboxylic acid groups (broad SMARTS) is 1. The van der Waals surface area contributed by atoms with E-state index in [2.05, 4.69) is 15.2 Å². The Hall–Kier alpha value is -3.04. The van der Waals surface area contributed by atoms with E-state index in [-0.39, 0.29) is 5.56 Å². The first kappa shape index (κ1) is 18.3. The average molecular weight is 357 g/mol. The van der Waals surface area contributed by atoms with E-state index in [9.17, 15) is 22.8 Å². The molecule has 7 nitrogen and oxygen atoms in total. The Balaban J connectivity index is 2.16. The summed E-state index contributed by atoms with van der Waals surface area (Å²) in [5.41, 5.74) is 0.559. The van der Waals surface area contributed by atoms with Crippen molar-refractivity contribution < 1.29 is 32.6 Å². The molecule has 2 aromatic rings. The highest BCUT2D eigenvalue weighted by molar-refractivity contribution is 5.94. The first-order valence-electron chi connectivity index (χ1n) is 7.01. The number of carbonyl (C=O) groups is 2. The van der Waals surface area contributed by atoms with Crippen LogP contribution in [0.4, 0.5) is 13.2 Å². The van der Waals surface area contributed by atoms with Crippen LogP contribution in [0.2, 0.25) is 0 Å². The lowest BCUT2D eigenvalue weighted by Crippen LogP contribution is -2.30. The van der Waals surface area contributed by atoms with E-state index in [1.54, 1.807) is 7.05 Å². The third-order valence-electron chi connectivity index (χ3n) is 3.17. The highest BCUT2D eigenvalue weighted by Crippen LogP contribution is 2.25. The fraction of sp³-hybridized carbons (Fsp3) is 0.267. The SMILES string of the molecule is Cn1cc(C(=O)NC(CC(=O)O)c2ccc(OC(F)(F)F)cc2)cn1. The third-order valence-corrected chi connectivity index (χ3v) is 3.17. The third kappa shape index (κ3) is 5.52. The minimum absolute atomic E-state index is 0.231. The molecule has 2 N–H and O–H groups in total. The van der Waals surface area contributed by atoms with Gasteiger partial charge in [-0.05, 0) is 17.7 Å². The molecule has 1 aromatic heterocycles. The molecule has 0 saturated carbocycles. The molecule has 0 bridgehead atoms. The number of alkyl halides is 3. The first-order valence-corrected chi connectivity index (χ1v) is 7.01. The Morgan fingerprint density at radius 2 is 1.96 bits per heavy atom. The Morgan fingerprint density at radius 1 is 1.32 bits per heavy atom. The van der Waals surface area contributed by atoms with Gasteiger partial charge in [-0.25, -0.2) is 0 Å². The van der Waals surface area contributed by atoms with Gasteiger partial charge in [-0.15, -0.1) is 13.2 Å². The van der Waals surface area contributed by atoms with E-state index < -0.39 is 36.5 Å². The van der Waals surface area contributed by atoms with E-state index in [1.165, 1.54) is 29.2 Å². The van der Waals surface area contributed by atoms with Gasteiger partial charge in [-0.1, -0.05) is 12.1 Å². The van der Waals surface area contributed by atoms with Gasteiger partial charge in [0.2, 0.25) is 0 Å². The number of aromatic nitrogens is 2. The van der Waals surface area contributed by atoms with E-state index >= 15 is 0 Å². The molecule has 0 aliphatic rings. The molecule has 0 fully saturated rings. The normalized spacial score (nSPS) is 12.5. The number of aryl methyl sites for hydroxylation is 1. The number of nitrogens with zero attached hydrogens (tertiary/aromatic N) is 2. The number of carboxylic acids is 1. The summed E-state index contributed by atoms with van der Waals surface area (Å²) in [5.74, 6) is -2.16. The fourth-order valence-corrected chi connectivity index (χ4v) is 2.11. The number of aliphatic carboxylic acids is 1. The highest BCUT2D eigenvalue weighted by Gasteiger charge is 2.31. The number of carbonyl (C=O) groups excluding carboxylic acids is 1. The molecule has 1 unspecified atom stereocenters. The zero-order chi connectivity index (χ0) is 18.6. The molecule has 1 heterocycles. The van der Waals surface area contributed by atoms with Gasteiger partial charge in [-0.3, -0.25) is 14.3 Å². The Kier molecular flexibility index (Phi) is 5.30.